The fraction of sp³-hybridized carbons (Fsp3) is 0.143. The lowest BCUT2D eigenvalue weighted by atomic mass is 10.2. The van der Waals surface area contributed by atoms with Gasteiger partial charge in [0.1, 0.15) is 11.5 Å². The third-order valence-corrected chi connectivity index (χ3v) is 5.60. The Balaban J connectivity index is 1.38. The molecular formula is C21H17FN6O4S. The highest BCUT2D eigenvalue weighted by molar-refractivity contribution is 7.15. The largest absolute Gasteiger partial charge is 0.347 e. The van der Waals surface area contributed by atoms with Crippen molar-refractivity contribution in [2.45, 2.75) is 13.3 Å². The van der Waals surface area contributed by atoms with Gasteiger partial charge in [0.2, 0.25) is 4.96 Å². The van der Waals surface area contributed by atoms with Crippen LogP contribution in [0.25, 0.3) is 16.3 Å². The first-order valence-corrected chi connectivity index (χ1v) is 10.6. The molecule has 168 valence electrons. The van der Waals surface area contributed by atoms with Gasteiger partial charge in [-0.15, -0.1) is 16.4 Å². The lowest BCUT2D eigenvalue weighted by Gasteiger charge is -2.07. The molecule has 12 heteroatoms. The van der Waals surface area contributed by atoms with Gasteiger partial charge in [-0.05, 0) is 30.7 Å². The highest BCUT2D eigenvalue weighted by atomic mass is 32.1. The molecule has 2 aromatic carbocycles. The molecule has 33 heavy (non-hydrogen) atoms. The number of amides is 2. The number of nitrogens with zero attached hydrogens (tertiary/aromatic N) is 4. The number of benzene rings is 2. The number of carbonyl (C=O) groups excluding carboxylic acids is 2. The van der Waals surface area contributed by atoms with Gasteiger partial charge >= 0.3 is 11.8 Å². The van der Waals surface area contributed by atoms with E-state index in [9.17, 15) is 24.1 Å². The molecule has 0 saturated carbocycles. The lowest BCUT2D eigenvalue weighted by Crippen LogP contribution is -2.36. The summed E-state index contributed by atoms with van der Waals surface area (Å²) in [6.07, 6.45) is 0.337. The number of hydrogen-bond acceptors (Lipinski definition) is 7. The summed E-state index contributed by atoms with van der Waals surface area (Å²) in [5.41, 5.74) is 1.30. The lowest BCUT2D eigenvalue weighted by molar-refractivity contribution is -0.384. The van der Waals surface area contributed by atoms with Gasteiger partial charge < -0.3 is 10.6 Å². The highest BCUT2D eigenvalue weighted by Crippen LogP contribution is 2.25. The predicted octanol–water partition coefficient (Wildman–Crippen LogP) is 3.11. The second-order valence-corrected chi connectivity index (χ2v) is 7.91. The Morgan fingerprint density at radius 3 is 2.76 bits per heavy atom. The SMILES string of the molecule is Cc1ccc(NC(=O)C(=O)NCCc2csc3nc(-c4ccccc4F)nn23)c([N+](=O)[O-])c1. The minimum atomic E-state index is -1.01. The molecule has 0 unspecified atom stereocenters. The van der Waals surface area contributed by atoms with E-state index in [-0.39, 0.29) is 29.3 Å². The first-order valence-electron chi connectivity index (χ1n) is 9.76. The van der Waals surface area contributed by atoms with Crippen LogP contribution < -0.4 is 10.6 Å². The number of thiazole rings is 1. The van der Waals surface area contributed by atoms with Gasteiger partial charge in [-0.3, -0.25) is 19.7 Å². The summed E-state index contributed by atoms with van der Waals surface area (Å²) in [4.78, 5) is 39.8. The number of halogens is 1. The van der Waals surface area contributed by atoms with E-state index in [1.165, 1.54) is 29.5 Å². The van der Waals surface area contributed by atoms with E-state index in [0.29, 0.717) is 16.9 Å². The van der Waals surface area contributed by atoms with Gasteiger partial charge in [-0.25, -0.2) is 8.91 Å². The molecule has 10 nitrogen and oxygen atoms in total. The molecule has 2 aromatic heterocycles. The van der Waals surface area contributed by atoms with E-state index < -0.39 is 22.6 Å². The molecule has 0 aliphatic carbocycles. The number of rotatable bonds is 6. The summed E-state index contributed by atoms with van der Waals surface area (Å²) in [5.74, 6) is -2.12. The number of anilines is 1. The van der Waals surface area contributed by atoms with Crippen LogP contribution in [-0.4, -0.2) is 37.9 Å². The zero-order chi connectivity index (χ0) is 23.5. The van der Waals surface area contributed by atoms with Crippen LogP contribution in [0.1, 0.15) is 11.3 Å². The van der Waals surface area contributed by atoms with Crippen molar-refractivity contribution in [1.82, 2.24) is 19.9 Å². The first kappa shape index (κ1) is 22.0. The maximum Gasteiger partial charge on any atom is 0.313 e. The van der Waals surface area contributed by atoms with Crippen LogP contribution in [0.4, 0.5) is 15.8 Å². The van der Waals surface area contributed by atoms with Crippen molar-refractivity contribution in [3.05, 3.63) is 75.0 Å². The minimum Gasteiger partial charge on any atom is -0.347 e. The molecule has 4 rings (SSSR count). The molecule has 0 bridgehead atoms. The number of fused-ring (bicyclic) bond motifs is 1. The number of nitrogens with one attached hydrogen (secondary N) is 2. The van der Waals surface area contributed by atoms with Crippen LogP contribution in [0.5, 0.6) is 0 Å². The zero-order valence-corrected chi connectivity index (χ0v) is 18.1. The van der Waals surface area contributed by atoms with Crippen molar-refractivity contribution in [2.24, 2.45) is 0 Å². The van der Waals surface area contributed by atoms with Gasteiger partial charge in [0.15, 0.2) is 5.82 Å². The molecule has 0 fully saturated rings. The normalized spacial score (nSPS) is 10.8. The van der Waals surface area contributed by atoms with Crippen molar-refractivity contribution < 1.29 is 18.9 Å². The molecule has 4 aromatic rings. The van der Waals surface area contributed by atoms with E-state index in [4.69, 9.17) is 0 Å². The van der Waals surface area contributed by atoms with Gasteiger partial charge in [0, 0.05) is 24.4 Å². The smallest absolute Gasteiger partial charge is 0.313 e. The Bertz CT molecular complexity index is 1380. The Hall–Kier alpha value is -4.19. The molecule has 0 spiro atoms. The molecule has 0 radical (unpaired) electrons. The van der Waals surface area contributed by atoms with Crippen LogP contribution in [0.2, 0.25) is 0 Å². The number of hydrogen-bond donors (Lipinski definition) is 2. The van der Waals surface area contributed by atoms with Gasteiger partial charge in [-0.1, -0.05) is 18.2 Å². The molecule has 0 aliphatic rings. The van der Waals surface area contributed by atoms with E-state index in [1.54, 1.807) is 35.7 Å². The molecule has 0 aliphatic heterocycles. The summed E-state index contributed by atoms with van der Waals surface area (Å²) >= 11 is 1.32. The van der Waals surface area contributed by atoms with Gasteiger partial charge in [0.25, 0.3) is 5.69 Å². The van der Waals surface area contributed by atoms with Crippen molar-refractivity contribution in [1.29, 1.82) is 0 Å². The summed E-state index contributed by atoms with van der Waals surface area (Å²) in [5, 5.41) is 22.1. The molecule has 0 saturated heterocycles. The molecular weight excluding hydrogens is 451 g/mol. The van der Waals surface area contributed by atoms with Crippen molar-refractivity contribution in [3.8, 4) is 11.4 Å². The van der Waals surface area contributed by atoms with E-state index in [2.05, 4.69) is 20.7 Å². The maximum absolute atomic E-state index is 14.0. The quantitative estimate of drug-likeness (QED) is 0.254. The number of nitro groups is 1. The van der Waals surface area contributed by atoms with Crippen LogP contribution in [0.15, 0.2) is 47.8 Å². The van der Waals surface area contributed by atoms with E-state index in [1.807, 2.05) is 5.38 Å². The monoisotopic (exact) mass is 468 g/mol. The molecule has 2 heterocycles. The van der Waals surface area contributed by atoms with Crippen LogP contribution in [-0.2, 0) is 16.0 Å². The Labute approximate surface area is 190 Å². The first-order chi connectivity index (χ1) is 15.8. The second kappa shape index (κ2) is 9.12. The Kier molecular flexibility index (Phi) is 6.09. The number of aromatic nitrogens is 3. The standard InChI is InChI=1S/C21H17FN6O4S/c1-12-6-7-16(17(10-12)28(31)32)24-20(30)19(29)23-9-8-13-11-33-21-25-18(26-27(13)21)14-4-2-3-5-15(14)22/h2-7,10-11H,8-9H2,1H3,(H,23,29)(H,24,30). The minimum absolute atomic E-state index is 0.0615. The highest BCUT2D eigenvalue weighted by Gasteiger charge is 2.20. The summed E-state index contributed by atoms with van der Waals surface area (Å²) in [6, 6.07) is 10.5. The third-order valence-electron chi connectivity index (χ3n) is 4.74. The molecule has 2 N–H and O–H groups in total. The number of aryl methyl sites for hydroxylation is 1. The second-order valence-electron chi connectivity index (χ2n) is 7.07. The zero-order valence-electron chi connectivity index (χ0n) is 17.2. The summed E-state index contributed by atoms with van der Waals surface area (Å²) in [7, 11) is 0. The topological polar surface area (TPSA) is 132 Å². The van der Waals surface area contributed by atoms with Crippen LogP contribution in [0, 0.1) is 22.9 Å². The van der Waals surface area contributed by atoms with Crippen molar-refractivity contribution in [3.63, 3.8) is 0 Å². The number of nitro benzene ring substituents is 1. The molecule has 2 amide bonds. The van der Waals surface area contributed by atoms with Crippen molar-refractivity contribution >= 4 is 39.5 Å². The van der Waals surface area contributed by atoms with E-state index in [0.717, 1.165) is 5.69 Å². The number of carbonyl (C=O) groups is 2. The third kappa shape index (κ3) is 4.70. The Morgan fingerprint density at radius 1 is 1.21 bits per heavy atom. The van der Waals surface area contributed by atoms with E-state index >= 15 is 0 Å². The average molecular weight is 468 g/mol. The fourth-order valence-electron chi connectivity index (χ4n) is 3.12. The fourth-order valence-corrected chi connectivity index (χ4v) is 3.97. The molecule has 0 atom stereocenters. The maximum atomic E-state index is 14.0. The van der Waals surface area contributed by atoms with Crippen molar-refractivity contribution in [2.75, 3.05) is 11.9 Å². The summed E-state index contributed by atoms with van der Waals surface area (Å²) < 4.78 is 15.6. The van der Waals surface area contributed by atoms with Gasteiger partial charge in [-0.2, -0.15) is 4.98 Å². The predicted molar refractivity (Wildman–Crippen MR) is 119 cm³/mol. The van der Waals surface area contributed by atoms with Crippen LogP contribution >= 0.6 is 11.3 Å². The summed E-state index contributed by atoms with van der Waals surface area (Å²) in [6.45, 7) is 1.80. The Morgan fingerprint density at radius 2 is 2.00 bits per heavy atom. The van der Waals surface area contributed by atoms with Gasteiger partial charge in [0.05, 0.1) is 16.2 Å². The van der Waals surface area contributed by atoms with Crippen LogP contribution in [0.3, 0.4) is 0 Å². The average Bonchev–Trinajstić information content (AvgIpc) is 3.36.